The van der Waals surface area contributed by atoms with E-state index in [0.29, 0.717) is 19.3 Å². The van der Waals surface area contributed by atoms with E-state index in [9.17, 15) is 34.5 Å². The third-order valence-electron chi connectivity index (χ3n) is 15.2. The highest BCUT2D eigenvalue weighted by molar-refractivity contribution is 5.74. The number of aliphatic hydroxyl groups is 2. The van der Waals surface area contributed by atoms with Crippen molar-refractivity contribution in [3.05, 3.63) is 36.5 Å². The van der Waals surface area contributed by atoms with Gasteiger partial charge in [-0.1, -0.05) is 263 Å². The number of carboxylic acids is 1. The van der Waals surface area contributed by atoms with Crippen LogP contribution < -0.4 is 0 Å². The molecule has 6 atom stereocenters. The molecule has 460 valence electrons. The summed E-state index contributed by atoms with van der Waals surface area (Å²) in [5, 5.41) is 31.5. The fourth-order valence-corrected chi connectivity index (χ4v) is 10.1. The Hall–Kier alpha value is -3.06. The molecule has 1 rings (SSSR count). The van der Waals surface area contributed by atoms with Gasteiger partial charge in [0.25, 0.3) is 0 Å². The third kappa shape index (κ3) is 45.2. The van der Waals surface area contributed by atoms with Gasteiger partial charge >= 0.3 is 23.9 Å². The fourth-order valence-electron chi connectivity index (χ4n) is 10.1. The second-order valence-corrected chi connectivity index (χ2v) is 22.8. The number of esters is 3. The lowest BCUT2D eigenvalue weighted by Crippen LogP contribution is -2.61. The number of carboxylic acid groups (broad SMARTS) is 1. The smallest absolute Gasteiger partial charge is 0.335 e. The van der Waals surface area contributed by atoms with Crippen LogP contribution in [-0.2, 0) is 42.9 Å². The Labute approximate surface area is 482 Å². The van der Waals surface area contributed by atoms with Gasteiger partial charge in [-0.3, -0.25) is 14.4 Å². The summed E-state index contributed by atoms with van der Waals surface area (Å²) < 4.78 is 28.5. The van der Waals surface area contributed by atoms with Gasteiger partial charge in [-0.25, -0.2) is 4.79 Å². The van der Waals surface area contributed by atoms with Gasteiger partial charge in [0.1, 0.15) is 18.8 Å². The first-order valence-electron chi connectivity index (χ1n) is 33.0. The number of aliphatic carboxylic acids is 1. The molecule has 0 aromatic rings. The summed E-state index contributed by atoms with van der Waals surface area (Å²) in [5.74, 6) is -3.10. The van der Waals surface area contributed by atoms with Crippen LogP contribution in [0.1, 0.15) is 316 Å². The van der Waals surface area contributed by atoms with Gasteiger partial charge in [0.2, 0.25) is 0 Å². The van der Waals surface area contributed by atoms with Gasteiger partial charge in [0.15, 0.2) is 24.6 Å². The number of aliphatic hydroxyl groups excluding tert-OH is 2. The Kier molecular flexibility index (Phi) is 51.9. The Morgan fingerprint density at radius 2 is 0.772 bits per heavy atom. The summed E-state index contributed by atoms with van der Waals surface area (Å²) in [6.07, 6.45) is 54.0. The molecular formula is C67H120O12. The molecule has 1 aliphatic heterocycles. The molecule has 79 heavy (non-hydrogen) atoms. The van der Waals surface area contributed by atoms with Gasteiger partial charge in [0, 0.05) is 19.3 Å². The van der Waals surface area contributed by atoms with Crippen molar-refractivity contribution in [2.24, 2.45) is 0 Å². The molecule has 12 heteroatoms. The Morgan fingerprint density at radius 1 is 0.418 bits per heavy atom. The summed E-state index contributed by atoms with van der Waals surface area (Å²) >= 11 is 0. The topological polar surface area (TPSA) is 175 Å². The van der Waals surface area contributed by atoms with Crippen LogP contribution in [0.3, 0.4) is 0 Å². The SMILES string of the molecule is CCCC/C=C\CCCCCCCC(=O)OC1C(OCC(COC(=O)CCCCCCCCCCC/C=C\C/C=C\CCCCC)OC(=O)CCCCCCCCCCCCCCCCCCCCC)OC(C(=O)O)C(O)C1O. The number of allylic oxidation sites excluding steroid dienone is 6. The van der Waals surface area contributed by atoms with Crippen molar-refractivity contribution in [2.45, 2.75) is 353 Å². The van der Waals surface area contributed by atoms with Crippen molar-refractivity contribution in [1.82, 2.24) is 0 Å². The van der Waals surface area contributed by atoms with Gasteiger partial charge in [-0.2, -0.15) is 0 Å². The molecule has 0 spiro atoms. The molecule has 1 fully saturated rings. The number of carbonyl (C=O) groups excluding carboxylic acids is 3. The van der Waals surface area contributed by atoms with Crippen molar-refractivity contribution in [3.8, 4) is 0 Å². The minimum atomic E-state index is -1.90. The molecule has 3 N–H and O–H groups in total. The van der Waals surface area contributed by atoms with E-state index in [1.54, 1.807) is 0 Å². The maximum absolute atomic E-state index is 13.2. The summed E-state index contributed by atoms with van der Waals surface area (Å²) in [5.41, 5.74) is 0. The van der Waals surface area contributed by atoms with Crippen molar-refractivity contribution < 1.29 is 58.2 Å². The Morgan fingerprint density at radius 3 is 1.22 bits per heavy atom. The first-order chi connectivity index (χ1) is 38.6. The van der Waals surface area contributed by atoms with E-state index in [1.165, 1.54) is 167 Å². The predicted octanol–water partition coefficient (Wildman–Crippen LogP) is 17.6. The molecule has 1 heterocycles. The van der Waals surface area contributed by atoms with Crippen LogP contribution in [0, 0.1) is 0 Å². The van der Waals surface area contributed by atoms with E-state index < -0.39 is 67.3 Å². The zero-order chi connectivity index (χ0) is 57.5. The van der Waals surface area contributed by atoms with Gasteiger partial charge < -0.3 is 39.0 Å². The molecule has 0 aromatic carbocycles. The summed E-state index contributed by atoms with van der Waals surface area (Å²) in [6, 6.07) is 0. The molecule has 12 nitrogen and oxygen atoms in total. The van der Waals surface area contributed by atoms with E-state index in [0.717, 1.165) is 89.9 Å². The summed E-state index contributed by atoms with van der Waals surface area (Å²) in [6.45, 7) is 5.97. The predicted molar refractivity (Wildman–Crippen MR) is 322 cm³/mol. The maximum Gasteiger partial charge on any atom is 0.335 e. The summed E-state index contributed by atoms with van der Waals surface area (Å²) in [7, 11) is 0. The number of hydrogen-bond donors (Lipinski definition) is 3. The second-order valence-electron chi connectivity index (χ2n) is 22.8. The fraction of sp³-hybridized carbons (Fsp3) is 0.851. The Balaban J connectivity index is 2.62. The minimum absolute atomic E-state index is 0.0528. The van der Waals surface area contributed by atoms with Crippen molar-refractivity contribution in [1.29, 1.82) is 0 Å². The Bertz CT molecular complexity index is 1510. The molecule has 0 aromatic heterocycles. The van der Waals surface area contributed by atoms with Crippen molar-refractivity contribution >= 4 is 23.9 Å². The van der Waals surface area contributed by atoms with E-state index >= 15 is 0 Å². The van der Waals surface area contributed by atoms with Crippen LogP contribution in [-0.4, -0.2) is 89.2 Å². The molecule has 0 saturated carbocycles. The molecule has 1 aliphatic rings. The normalized spacial score (nSPS) is 18.0. The monoisotopic (exact) mass is 1120 g/mol. The van der Waals surface area contributed by atoms with Crippen LogP contribution in [0.25, 0.3) is 0 Å². The number of ether oxygens (including phenoxy) is 5. The molecule has 0 aliphatic carbocycles. The van der Waals surface area contributed by atoms with Crippen LogP contribution in [0.15, 0.2) is 36.5 Å². The standard InChI is InChI=1S/C67H120O12/c1-4-7-10-13-16-19-22-24-26-28-30-32-34-36-39-41-44-47-50-53-59(68)75-56-58(77-60(69)54-51-48-45-43-40-37-35-33-31-29-27-25-23-20-17-14-11-8-5-2)57-76-67-65(63(72)62(71)64(79-67)66(73)74)78-61(70)55-52-49-46-42-38-21-18-15-12-9-6-3/h15-16,18-19,24,26,58,62-65,67,71-72H,4-14,17,20-23,25,27-57H2,1-3H3,(H,73,74)/b18-15-,19-16-,26-24-. The number of hydrogen-bond acceptors (Lipinski definition) is 11. The average molecular weight is 1120 g/mol. The first kappa shape index (κ1) is 74.0. The lowest BCUT2D eigenvalue weighted by atomic mass is 9.98. The summed E-state index contributed by atoms with van der Waals surface area (Å²) in [4.78, 5) is 51.3. The number of carbonyl (C=O) groups is 4. The molecule has 0 radical (unpaired) electrons. The number of unbranched alkanes of at least 4 members (excludes halogenated alkanes) is 37. The first-order valence-corrected chi connectivity index (χ1v) is 33.0. The van der Waals surface area contributed by atoms with Crippen LogP contribution in [0.4, 0.5) is 0 Å². The highest BCUT2D eigenvalue weighted by Crippen LogP contribution is 2.27. The zero-order valence-corrected chi connectivity index (χ0v) is 50.9. The molecular weight excluding hydrogens is 997 g/mol. The third-order valence-corrected chi connectivity index (χ3v) is 15.2. The van der Waals surface area contributed by atoms with Crippen LogP contribution >= 0.6 is 0 Å². The average Bonchev–Trinajstić information content (AvgIpc) is 3.44. The quantitative estimate of drug-likeness (QED) is 0.0228. The maximum atomic E-state index is 13.2. The van der Waals surface area contributed by atoms with E-state index in [1.807, 2.05) is 0 Å². The van der Waals surface area contributed by atoms with Crippen molar-refractivity contribution in [3.63, 3.8) is 0 Å². The van der Waals surface area contributed by atoms with Crippen molar-refractivity contribution in [2.75, 3.05) is 13.2 Å². The zero-order valence-electron chi connectivity index (χ0n) is 50.9. The number of rotatable bonds is 57. The lowest BCUT2D eigenvalue weighted by Gasteiger charge is -2.40. The highest BCUT2D eigenvalue weighted by Gasteiger charge is 2.50. The van der Waals surface area contributed by atoms with E-state index in [2.05, 4.69) is 57.2 Å². The van der Waals surface area contributed by atoms with E-state index in [4.69, 9.17) is 23.7 Å². The molecule has 0 bridgehead atoms. The highest BCUT2D eigenvalue weighted by atomic mass is 16.7. The minimum Gasteiger partial charge on any atom is -0.479 e. The van der Waals surface area contributed by atoms with Crippen LogP contribution in [0.5, 0.6) is 0 Å². The lowest BCUT2D eigenvalue weighted by molar-refractivity contribution is -0.301. The van der Waals surface area contributed by atoms with Crippen LogP contribution in [0.2, 0.25) is 0 Å². The van der Waals surface area contributed by atoms with Gasteiger partial charge in [0.05, 0.1) is 6.61 Å². The van der Waals surface area contributed by atoms with Gasteiger partial charge in [-0.15, -0.1) is 0 Å². The molecule has 6 unspecified atom stereocenters. The molecule has 1 saturated heterocycles. The molecule has 0 amide bonds. The van der Waals surface area contributed by atoms with Gasteiger partial charge in [-0.05, 0) is 70.6 Å². The second kappa shape index (κ2) is 55.5. The largest absolute Gasteiger partial charge is 0.479 e. The van der Waals surface area contributed by atoms with E-state index in [-0.39, 0.29) is 25.9 Å².